The molecule has 1 aliphatic heterocycles. The standard InChI is InChI=1S/C15H19ClN2O2/c16-11-6-2-1-4-9(11)8-12(19)18-14-13(17)10-5-3-7-20-15(10)14/h1-2,4,6,10,13-15H,3,5,7-8,17H2,(H,18,19). The molecule has 4 nitrogen and oxygen atoms in total. The minimum absolute atomic E-state index is 0.00972. The number of nitrogens with two attached hydrogens (primary N) is 1. The minimum atomic E-state index is -0.0599. The van der Waals surface area contributed by atoms with Crippen LogP contribution in [-0.2, 0) is 16.0 Å². The lowest BCUT2D eigenvalue weighted by Gasteiger charge is -2.52. The molecule has 1 saturated carbocycles. The molecule has 2 aliphatic rings. The van der Waals surface area contributed by atoms with Crippen LogP contribution in [0, 0.1) is 5.92 Å². The first-order valence-corrected chi connectivity index (χ1v) is 7.44. The van der Waals surface area contributed by atoms with Crippen LogP contribution in [0.1, 0.15) is 18.4 Å². The average molecular weight is 295 g/mol. The normalized spacial score (nSPS) is 32.1. The van der Waals surface area contributed by atoms with E-state index in [1.807, 2.05) is 18.2 Å². The van der Waals surface area contributed by atoms with E-state index in [2.05, 4.69) is 5.32 Å². The molecule has 1 aliphatic carbocycles. The summed E-state index contributed by atoms with van der Waals surface area (Å²) < 4.78 is 5.71. The van der Waals surface area contributed by atoms with E-state index < -0.39 is 0 Å². The molecule has 0 radical (unpaired) electrons. The second kappa shape index (κ2) is 5.72. The van der Waals surface area contributed by atoms with Gasteiger partial charge in [-0.3, -0.25) is 4.79 Å². The number of carbonyl (C=O) groups is 1. The van der Waals surface area contributed by atoms with E-state index in [1.165, 1.54) is 0 Å². The topological polar surface area (TPSA) is 64.3 Å². The average Bonchev–Trinajstić information content (AvgIpc) is 2.47. The molecule has 4 atom stereocenters. The number of benzene rings is 1. The fourth-order valence-corrected chi connectivity index (χ4v) is 3.38. The number of hydrogen-bond acceptors (Lipinski definition) is 3. The lowest BCUT2D eigenvalue weighted by molar-refractivity contribution is -0.138. The fourth-order valence-electron chi connectivity index (χ4n) is 3.18. The van der Waals surface area contributed by atoms with Gasteiger partial charge in [-0.05, 0) is 24.5 Å². The van der Waals surface area contributed by atoms with Crippen LogP contribution in [0.25, 0.3) is 0 Å². The van der Waals surface area contributed by atoms with E-state index in [-0.39, 0.29) is 30.5 Å². The Hall–Kier alpha value is -1.10. The molecule has 2 fully saturated rings. The van der Waals surface area contributed by atoms with Crippen molar-refractivity contribution >= 4 is 17.5 Å². The Bertz CT molecular complexity index is 508. The van der Waals surface area contributed by atoms with Crippen LogP contribution in [0.3, 0.4) is 0 Å². The van der Waals surface area contributed by atoms with Gasteiger partial charge in [0.05, 0.1) is 18.6 Å². The van der Waals surface area contributed by atoms with Crippen molar-refractivity contribution in [3.63, 3.8) is 0 Å². The molecule has 3 N–H and O–H groups in total. The van der Waals surface area contributed by atoms with Crippen LogP contribution < -0.4 is 11.1 Å². The van der Waals surface area contributed by atoms with Gasteiger partial charge in [0.15, 0.2) is 0 Å². The molecule has 0 spiro atoms. The van der Waals surface area contributed by atoms with Crippen molar-refractivity contribution in [3.8, 4) is 0 Å². The highest BCUT2D eigenvalue weighted by Gasteiger charge is 2.50. The summed E-state index contributed by atoms with van der Waals surface area (Å²) >= 11 is 6.06. The first kappa shape index (κ1) is 13.9. The molecule has 1 amide bonds. The zero-order valence-electron chi connectivity index (χ0n) is 11.2. The summed E-state index contributed by atoms with van der Waals surface area (Å²) in [4.78, 5) is 12.1. The van der Waals surface area contributed by atoms with Gasteiger partial charge < -0.3 is 15.8 Å². The molecule has 1 aromatic carbocycles. The smallest absolute Gasteiger partial charge is 0.224 e. The Kier molecular flexibility index (Phi) is 3.96. The monoisotopic (exact) mass is 294 g/mol. The molecular weight excluding hydrogens is 276 g/mol. The zero-order valence-corrected chi connectivity index (χ0v) is 12.0. The Morgan fingerprint density at radius 3 is 3.05 bits per heavy atom. The van der Waals surface area contributed by atoms with Crippen LogP contribution in [0.4, 0.5) is 0 Å². The molecule has 1 aromatic rings. The number of amides is 1. The number of halogens is 1. The van der Waals surface area contributed by atoms with Gasteiger partial charge in [0.25, 0.3) is 0 Å². The van der Waals surface area contributed by atoms with Crippen molar-refractivity contribution in [1.29, 1.82) is 0 Å². The molecule has 0 bridgehead atoms. The number of hydrogen-bond donors (Lipinski definition) is 2. The predicted octanol–water partition coefficient (Wildman–Crippen LogP) is 1.50. The SMILES string of the molecule is NC1C2CCCOC2C1NC(=O)Cc1ccccc1Cl. The van der Waals surface area contributed by atoms with Gasteiger partial charge in [0.2, 0.25) is 5.91 Å². The second-order valence-corrected chi connectivity index (χ2v) is 5.99. The summed E-state index contributed by atoms with van der Waals surface area (Å²) in [6, 6.07) is 7.34. The van der Waals surface area contributed by atoms with Crippen LogP contribution in [-0.4, -0.2) is 30.7 Å². The van der Waals surface area contributed by atoms with Gasteiger partial charge in [-0.1, -0.05) is 29.8 Å². The predicted molar refractivity (Wildman–Crippen MR) is 77.5 cm³/mol. The number of fused-ring (bicyclic) bond motifs is 1. The van der Waals surface area contributed by atoms with Gasteiger partial charge in [-0.25, -0.2) is 0 Å². The van der Waals surface area contributed by atoms with Crippen molar-refractivity contribution in [2.75, 3.05) is 6.61 Å². The van der Waals surface area contributed by atoms with Crippen LogP contribution in [0.5, 0.6) is 0 Å². The number of carbonyl (C=O) groups excluding carboxylic acids is 1. The summed E-state index contributed by atoms with van der Waals surface area (Å²) in [6.45, 7) is 0.769. The lowest BCUT2D eigenvalue weighted by Crippen LogP contribution is -2.72. The zero-order chi connectivity index (χ0) is 14.1. The van der Waals surface area contributed by atoms with Gasteiger partial charge in [-0.2, -0.15) is 0 Å². The highest BCUT2D eigenvalue weighted by atomic mass is 35.5. The quantitative estimate of drug-likeness (QED) is 0.888. The van der Waals surface area contributed by atoms with Crippen molar-refractivity contribution in [2.24, 2.45) is 11.7 Å². The first-order valence-electron chi connectivity index (χ1n) is 7.07. The third kappa shape index (κ3) is 2.55. The van der Waals surface area contributed by atoms with E-state index in [0.717, 1.165) is 25.0 Å². The van der Waals surface area contributed by atoms with E-state index in [9.17, 15) is 4.79 Å². The van der Waals surface area contributed by atoms with Crippen molar-refractivity contribution in [2.45, 2.75) is 37.5 Å². The van der Waals surface area contributed by atoms with Crippen LogP contribution in [0.2, 0.25) is 5.02 Å². The van der Waals surface area contributed by atoms with Crippen LogP contribution in [0.15, 0.2) is 24.3 Å². The molecule has 20 heavy (non-hydrogen) atoms. The molecule has 0 aromatic heterocycles. The molecule has 5 heteroatoms. The third-order valence-electron chi connectivity index (χ3n) is 4.31. The molecule has 1 heterocycles. The highest BCUT2D eigenvalue weighted by Crippen LogP contribution is 2.37. The summed E-state index contributed by atoms with van der Waals surface area (Å²) in [6.07, 6.45) is 2.53. The van der Waals surface area contributed by atoms with E-state index in [4.69, 9.17) is 22.1 Å². The lowest BCUT2D eigenvalue weighted by atomic mass is 9.68. The molecular formula is C15H19ClN2O2. The molecule has 3 rings (SSSR count). The van der Waals surface area contributed by atoms with Gasteiger partial charge >= 0.3 is 0 Å². The Labute approximate surface area is 123 Å². The van der Waals surface area contributed by atoms with Crippen LogP contribution >= 0.6 is 11.6 Å². The number of nitrogens with one attached hydrogen (secondary N) is 1. The van der Waals surface area contributed by atoms with Crippen molar-refractivity contribution < 1.29 is 9.53 Å². The summed E-state index contributed by atoms with van der Waals surface area (Å²) in [5.41, 5.74) is 6.96. The van der Waals surface area contributed by atoms with Gasteiger partial charge in [0.1, 0.15) is 0 Å². The van der Waals surface area contributed by atoms with Crippen molar-refractivity contribution in [3.05, 3.63) is 34.9 Å². The summed E-state index contributed by atoms with van der Waals surface area (Å²) in [7, 11) is 0. The van der Waals surface area contributed by atoms with Gasteiger partial charge in [-0.15, -0.1) is 0 Å². The second-order valence-electron chi connectivity index (χ2n) is 5.58. The maximum Gasteiger partial charge on any atom is 0.224 e. The number of ether oxygens (including phenoxy) is 1. The third-order valence-corrected chi connectivity index (χ3v) is 4.68. The summed E-state index contributed by atoms with van der Waals surface area (Å²) in [5.74, 6) is 0.348. The summed E-state index contributed by atoms with van der Waals surface area (Å²) in [5, 5.41) is 3.61. The van der Waals surface area contributed by atoms with Crippen molar-refractivity contribution in [1.82, 2.24) is 5.32 Å². The Balaban J connectivity index is 1.58. The molecule has 108 valence electrons. The number of rotatable bonds is 3. The molecule has 4 unspecified atom stereocenters. The Morgan fingerprint density at radius 2 is 2.25 bits per heavy atom. The van der Waals surface area contributed by atoms with E-state index in [1.54, 1.807) is 6.07 Å². The fraction of sp³-hybridized carbons (Fsp3) is 0.533. The first-order chi connectivity index (χ1) is 9.66. The van der Waals surface area contributed by atoms with Gasteiger partial charge in [0, 0.05) is 23.6 Å². The molecule has 1 saturated heterocycles. The minimum Gasteiger partial charge on any atom is -0.376 e. The largest absolute Gasteiger partial charge is 0.376 e. The maximum absolute atomic E-state index is 12.1. The highest BCUT2D eigenvalue weighted by molar-refractivity contribution is 6.31. The maximum atomic E-state index is 12.1. The Morgan fingerprint density at radius 1 is 1.45 bits per heavy atom. The van der Waals surface area contributed by atoms with E-state index >= 15 is 0 Å². The van der Waals surface area contributed by atoms with E-state index in [0.29, 0.717) is 10.9 Å².